The van der Waals surface area contributed by atoms with E-state index in [0.29, 0.717) is 17.9 Å². The van der Waals surface area contributed by atoms with Crippen molar-refractivity contribution in [2.24, 2.45) is 0 Å². The number of oxazole rings is 1. The number of rotatable bonds is 5. The van der Waals surface area contributed by atoms with Crippen molar-refractivity contribution in [3.8, 4) is 11.5 Å². The third-order valence-electron chi connectivity index (χ3n) is 4.12. The van der Waals surface area contributed by atoms with E-state index in [1.54, 1.807) is 0 Å². The Bertz CT molecular complexity index is 884. The monoisotopic (exact) mass is 349 g/mol. The molecule has 0 bridgehead atoms. The number of aromatic nitrogens is 1. The van der Waals surface area contributed by atoms with Crippen LogP contribution in [0.4, 0.5) is 13.2 Å². The van der Waals surface area contributed by atoms with Gasteiger partial charge in [-0.3, -0.25) is 0 Å². The van der Waals surface area contributed by atoms with Crippen molar-refractivity contribution in [2.75, 3.05) is 6.61 Å². The van der Waals surface area contributed by atoms with Crippen LogP contribution in [0.2, 0.25) is 0 Å². The van der Waals surface area contributed by atoms with Gasteiger partial charge in [0.25, 0.3) is 0 Å². The van der Waals surface area contributed by atoms with Crippen molar-refractivity contribution < 1.29 is 22.7 Å². The van der Waals surface area contributed by atoms with E-state index in [0.717, 1.165) is 41.7 Å². The molecule has 0 fully saturated rings. The van der Waals surface area contributed by atoms with Crippen LogP contribution < -0.4 is 0 Å². The molecule has 0 radical (unpaired) electrons. The Morgan fingerprint density at radius 3 is 2.60 bits per heavy atom. The summed E-state index contributed by atoms with van der Waals surface area (Å²) >= 11 is 0. The number of nitrogens with zero attached hydrogens (tertiary/aromatic N) is 1. The molecule has 0 saturated heterocycles. The zero-order chi connectivity index (χ0) is 18.0. The summed E-state index contributed by atoms with van der Waals surface area (Å²) in [5.74, 6) is 0.319. The maximum atomic E-state index is 12.8. The minimum absolute atomic E-state index is 0.135. The summed E-state index contributed by atoms with van der Waals surface area (Å²) in [6, 6.07) is 9.14. The van der Waals surface area contributed by atoms with E-state index in [1.165, 1.54) is 6.07 Å². The molecule has 6 heteroatoms. The second-order valence-electron chi connectivity index (χ2n) is 5.87. The van der Waals surface area contributed by atoms with Crippen LogP contribution in [-0.2, 0) is 19.0 Å². The summed E-state index contributed by atoms with van der Waals surface area (Å²) in [6.07, 6.45) is -2.21. The first-order chi connectivity index (χ1) is 11.9. The average Bonchev–Trinajstić information content (AvgIpc) is 3.01. The van der Waals surface area contributed by atoms with Gasteiger partial charge in [-0.15, -0.1) is 0 Å². The number of benzene rings is 2. The predicted molar refractivity (Wildman–Crippen MR) is 89.2 cm³/mol. The molecule has 0 saturated carbocycles. The lowest BCUT2D eigenvalue weighted by molar-refractivity contribution is -0.137. The SMILES string of the molecule is CCc1cc(CCCO)ccc1-c1nc2cc(C(F)(F)F)ccc2o1. The summed E-state index contributed by atoms with van der Waals surface area (Å²) in [4.78, 5) is 4.25. The lowest BCUT2D eigenvalue weighted by Crippen LogP contribution is -2.03. The molecule has 0 amide bonds. The molecule has 0 unspecified atom stereocenters. The van der Waals surface area contributed by atoms with Crippen LogP contribution >= 0.6 is 0 Å². The Labute approximate surface area is 143 Å². The van der Waals surface area contributed by atoms with Crippen molar-refractivity contribution in [3.63, 3.8) is 0 Å². The molecule has 1 aromatic heterocycles. The molecule has 3 nitrogen and oxygen atoms in total. The lowest BCUT2D eigenvalue weighted by Gasteiger charge is -2.07. The first kappa shape index (κ1) is 17.5. The smallest absolute Gasteiger partial charge is 0.416 e. The number of hydrogen-bond donors (Lipinski definition) is 1. The molecule has 3 rings (SSSR count). The van der Waals surface area contributed by atoms with Crippen LogP contribution in [0.1, 0.15) is 30.0 Å². The standard InChI is InChI=1S/C19H18F3NO2/c1-2-13-10-12(4-3-9-24)5-7-15(13)18-23-16-11-14(19(20,21)22)6-8-17(16)25-18/h5-8,10-11,24H,2-4,9H2,1H3. The van der Waals surface area contributed by atoms with E-state index in [2.05, 4.69) is 4.98 Å². The molecule has 0 atom stereocenters. The van der Waals surface area contributed by atoms with Crippen molar-refractivity contribution in [1.82, 2.24) is 4.98 Å². The zero-order valence-corrected chi connectivity index (χ0v) is 13.7. The molecular formula is C19H18F3NO2. The molecule has 0 aliphatic carbocycles. The van der Waals surface area contributed by atoms with Crippen LogP contribution in [0.15, 0.2) is 40.8 Å². The molecule has 132 valence electrons. The Hall–Kier alpha value is -2.34. The molecule has 2 aromatic carbocycles. The van der Waals surface area contributed by atoms with Gasteiger partial charge in [0.05, 0.1) is 5.56 Å². The van der Waals surface area contributed by atoms with Crippen molar-refractivity contribution in [1.29, 1.82) is 0 Å². The highest BCUT2D eigenvalue weighted by molar-refractivity contribution is 5.77. The summed E-state index contributed by atoms with van der Waals surface area (Å²) < 4.78 is 44.2. The van der Waals surface area contributed by atoms with E-state index < -0.39 is 11.7 Å². The normalized spacial score (nSPS) is 12.0. The van der Waals surface area contributed by atoms with Gasteiger partial charge in [0.1, 0.15) is 5.52 Å². The fraction of sp³-hybridized carbons (Fsp3) is 0.316. The van der Waals surface area contributed by atoms with Gasteiger partial charge < -0.3 is 9.52 Å². The maximum Gasteiger partial charge on any atom is 0.416 e. The minimum atomic E-state index is -4.41. The quantitative estimate of drug-likeness (QED) is 0.705. The molecule has 0 aliphatic heterocycles. The first-order valence-corrected chi connectivity index (χ1v) is 8.13. The van der Waals surface area contributed by atoms with Crippen LogP contribution in [0.25, 0.3) is 22.6 Å². The predicted octanol–water partition coefficient (Wildman–Crippen LogP) is 5.00. The van der Waals surface area contributed by atoms with Crippen LogP contribution in [0.3, 0.4) is 0 Å². The van der Waals surface area contributed by atoms with Gasteiger partial charge in [-0.25, -0.2) is 4.98 Å². The average molecular weight is 349 g/mol. The number of alkyl halides is 3. The fourth-order valence-corrected chi connectivity index (χ4v) is 2.81. The molecule has 1 heterocycles. The van der Waals surface area contributed by atoms with Crippen LogP contribution in [0, 0.1) is 0 Å². The summed E-state index contributed by atoms with van der Waals surface area (Å²) in [5.41, 5.74) is 2.67. The second kappa shape index (κ2) is 6.88. The van der Waals surface area contributed by atoms with Gasteiger partial charge in [-0.05, 0) is 54.7 Å². The highest BCUT2D eigenvalue weighted by atomic mass is 19.4. The van der Waals surface area contributed by atoms with Crippen molar-refractivity contribution >= 4 is 11.1 Å². The number of aliphatic hydroxyl groups excluding tert-OH is 1. The summed E-state index contributed by atoms with van der Waals surface area (Å²) in [5, 5.41) is 8.94. The van der Waals surface area contributed by atoms with E-state index in [9.17, 15) is 13.2 Å². The van der Waals surface area contributed by atoms with Gasteiger partial charge in [0.15, 0.2) is 5.58 Å². The minimum Gasteiger partial charge on any atom is -0.436 e. The molecular weight excluding hydrogens is 331 g/mol. The van der Waals surface area contributed by atoms with Gasteiger partial charge in [-0.2, -0.15) is 13.2 Å². The molecule has 0 aliphatic rings. The number of hydrogen-bond acceptors (Lipinski definition) is 3. The largest absolute Gasteiger partial charge is 0.436 e. The zero-order valence-electron chi connectivity index (χ0n) is 13.7. The summed E-state index contributed by atoms with van der Waals surface area (Å²) in [6.45, 7) is 2.13. The van der Waals surface area contributed by atoms with Crippen LogP contribution in [0.5, 0.6) is 0 Å². The van der Waals surface area contributed by atoms with Crippen LogP contribution in [-0.4, -0.2) is 16.7 Å². The fourth-order valence-electron chi connectivity index (χ4n) is 2.81. The Morgan fingerprint density at radius 1 is 1.12 bits per heavy atom. The maximum absolute atomic E-state index is 12.8. The van der Waals surface area contributed by atoms with E-state index in [-0.39, 0.29) is 12.1 Å². The lowest BCUT2D eigenvalue weighted by atomic mass is 9.99. The van der Waals surface area contributed by atoms with Gasteiger partial charge in [0.2, 0.25) is 5.89 Å². The van der Waals surface area contributed by atoms with E-state index in [4.69, 9.17) is 9.52 Å². The molecule has 1 N–H and O–H groups in total. The number of fused-ring (bicyclic) bond motifs is 1. The van der Waals surface area contributed by atoms with Gasteiger partial charge >= 0.3 is 6.18 Å². The third-order valence-corrected chi connectivity index (χ3v) is 4.12. The highest BCUT2D eigenvalue weighted by Crippen LogP contribution is 2.33. The molecule has 3 aromatic rings. The number of aliphatic hydroxyl groups is 1. The Balaban J connectivity index is 2.01. The Morgan fingerprint density at radius 2 is 1.92 bits per heavy atom. The summed E-state index contributed by atoms with van der Waals surface area (Å²) in [7, 11) is 0. The van der Waals surface area contributed by atoms with Gasteiger partial charge in [0, 0.05) is 12.2 Å². The Kier molecular flexibility index (Phi) is 4.81. The third kappa shape index (κ3) is 3.69. The van der Waals surface area contributed by atoms with E-state index in [1.807, 2.05) is 25.1 Å². The highest BCUT2D eigenvalue weighted by Gasteiger charge is 2.31. The molecule has 0 spiro atoms. The first-order valence-electron chi connectivity index (χ1n) is 8.13. The van der Waals surface area contributed by atoms with Crippen molar-refractivity contribution in [3.05, 3.63) is 53.1 Å². The second-order valence-corrected chi connectivity index (χ2v) is 5.87. The number of aryl methyl sites for hydroxylation is 2. The van der Waals surface area contributed by atoms with Crippen molar-refractivity contribution in [2.45, 2.75) is 32.4 Å². The molecule has 25 heavy (non-hydrogen) atoms. The van der Waals surface area contributed by atoms with E-state index >= 15 is 0 Å². The number of halogens is 3. The topological polar surface area (TPSA) is 46.3 Å². The van der Waals surface area contributed by atoms with Gasteiger partial charge in [-0.1, -0.05) is 19.1 Å².